The average molecular weight is 685 g/mol. The molecular formula is C37H48N8O3S. The zero-order chi connectivity index (χ0) is 34.1. The van der Waals surface area contributed by atoms with Crippen molar-refractivity contribution < 1.29 is 8.42 Å². The van der Waals surface area contributed by atoms with E-state index in [9.17, 15) is 13.2 Å². The Balaban J connectivity index is 1.20. The predicted molar refractivity (Wildman–Crippen MR) is 197 cm³/mol. The molecule has 1 unspecified atom stereocenters. The van der Waals surface area contributed by atoms with E-state index in [2.05, 4.69) is 57.7 Å². The Morgan fingerprint density at radius 1 is 0.939 bits per heavy atom. The van der Waals surface area contributed by atoms with E-state index in [0.717, 1.165) is 68.6 Å². The lowest BCUT2D eigenvalue weighted by molar-refractivity contribution is 0.250. The van der Waals surface area contributed by atoms with E-state index in [1.165, 1.54) is 11.8 Å². The van der Waals surface area contributed by atoms with Gasteiger partial charge in [-0.05, 0) is 126 Å². The van der Waals surface area contributed by atoms with Crippen LogP contribution in [0.4, 0.5) is 17.3 Å². The highest BCUT2D eigenvalue weighted by molar-refractivity contribution is 7.91. The van der Waals surface area contributed by atoms with Crippen molar-refractivity contribution in [2.45, 2.75) is 74.6 Å². The Labute approximate surface area is 289 Å². The summed E-state index contributed by atoms with van der Waals surface area (Å²) in [6.07, 6.45) is 11.7. The quantitative estimate of drug-likeness (QED) is 0.258. The molecule has 2 aliphatic heterocycles. The maximum absolute atomic E-state index is 14.4. The molecule has 0 radical (unpaired) electrons. The average Bonchev–Trinajstić information content (AvgIpc) is 3.12. The van der Waals surface area contributed by atoms with Gasteiger partial charge in [-0.2, -0.15) is 4.98 Å². The number of benzene rings is 1. The van der Waals surface area contributed by atoms with Crippen LogP contribution in [0.25, 0.3) is 22.3 Å². The summed E-state index contributed by atoms with van der Waals surface area (Å²) >= 11 is 0. The molecule has 3 fully saturated rings. The Hall–Kier alpha value is -3.87. The third-order valence-corrected chi connectivity index (χ3v) is 12.6. The van der Waals surface area contributed by atoms with Crippen molar-refractivity contribution >= 4 is 38.2 Å². The molecule has 0 amide bonds. The molecule has 1 saturated carbocycles. The van der Waals surface area contributed by atoms with Crippen molar-refractivity contribution in [3.8, 4) is 11.3 Å². The first-order chi connectivity index (χ1) is 23.6. The zero-order valence-electron chi connectivity index (χ0n) is 28.8. The molecule has 2 N–H and O–H groups in total. The van der Waals surface area contributed by atoms with Crippen LogP contribution in [0, 0.1) is 0 Å². The van der Waals surface area contributed by atoms with Crippen LogP contribution in [0.2, 0.25) is 0 Å². The summed E-state index contributed by atoms with van der Waals surface area (Å²) in [4.78, 5) is 33.5. The molecule has 11 nitrogen and oxygen atoms in total. The molecule has 2 saturated heterocycles. The first-order valence-electron chi connectivity index (χ1n) is 17.7. The largest absolute Gasteiger partial charge is 0.372 e. The molecule has 4 aromatic rings. The maximum atomic E-state index is 14.4. The lowest BCUT2D eigenvalue weighted by Gasteiger charge is -2.33. The number of piperidine rings is 2. The summed E-state index contributed by atoms with van der Waals surface area (Å²) in [5, 5.41) is 7.13. The monoisotopic (exact) mass is 684 g/mol. The molecule has 0 spiro atoms. The summed E-state index contributed by atoms with van der Waals surface area (Å²) in [5.74, 6) is 0.835. The maximum Gasteiger partial charge on any atom is 0.261 e. The second kappa shape index (κ2) is 14.2. The lowest BCUT2D eigenvalue weighted by atomic mass is 9.91. The fourth-order valence-electron chi connectivity index (χ4n) is 7.99. The molecule has 3 aromatic heterocycles. The number of sulfone groups is 1. The Morgan fingerprint density at radius 2 is 1.69 bits per heavy atom. The molecule has 5 heterocycles. The number of nitrogens with one attached hydrogen (secondary N) is 2. The van der Waals surface area contributed by atoms with Crippen molar-refractivity contribution in [2.75, 3.05) is 56.7 Å². The number of anilines is 3. The second-order valence-corrected chi connectivity index (χ2v) is 16.6. The van der Waals surface area contributed by atoms with Crippen LogP contribution < -0.4 is 21.1 Å². The summed E-state index contributed by atoms with van der Waals surface area (Å²) in [6.45, 7) is 4.21. The van der Waals surface area contributed by atoms with Gasteiger partial charge >= 0.3 is 0 Å². The van der Waals surface area contributed by atoms with Crippen molar-refractivity contribution in [3.63, 3.8) is 0 Å². The van der Waals surface area contributed by atoms with E-state index in [1.807, 2.05) is 30.5 Å². The standard InChI is InChI=1S/C37H48N8O3S/c1-43-20-4-5-26(24-43)25-6-15-34(39-22-25)33-21-27-23-40-37(41-28-7-9-29(10-8-28)44(2)30-16-18-38-19-17-30)42-35(27)45(36(33)46)31-11-13-32(14-12-31)49(3,47)48/h6-10,15,21-23,26,30-32,38H,4-5,11-14,16-20,24H2,1-3H3,(H,40,41,42). The summed E-state index contributed by atoms with van der Waals surface area (Å²) in [7, 11) is 1.16. The first-order valence-corrected chi connectivity index (χ1v) is 19.7. The number of fused-ring (bicyclic) bond motifs is 1. The topological polar surface area (TPSA) is 125 Å². The van der Waals surface area contributed by atoms with Gasteiger partial charge in [-0.3, -0.25) is 14.3 Å². The van der Waals surface area contributed by atoms with E-state index in [0.29, 0.717) is 60.5 Å². The molecule has 7 rings (SSSR count). The molecule has 260 valence electrons. The number of rotatable bonds is 8. The van der Waals surface area contributed by atoms with E-state index in [-0.39, 0.29) is 16.9 Å². The molecule has 0 bridgehead atoms. The van der Waals surface area contributed by atoms with Crippen molar-refractivity contribution in [1.82, 2.24) is 29.7 Å². The van der Waals surface area contributed by atoms with E-state index in [1.54, 1.807) is 10.8 Å². The van der Waals surface area contributed by atoms with Crippen LogP contribution >= 0.6 is 0 Å². The lowest BCUT2D eigenvalue weighted by Crippen LogP contribution is -2.41. The number of pyridine rings is 2. The van der Waals surface area contributed by atoms with Gasteiger partial charge in [0.25, 0.3) is 5.56 Å². The predicted octanol–water partition coefficient (Wildman–Crippen LogP) is 5.12. The van der Waals surface area contributed by atoms with Crippen molar-refractivity contribution in [2.24, 2.45) is 0 Å². The minimum atomic E-state index is -3.15. The molecule has 1 aromatic carbocycles. The van der Waals surface area contributed by atoms with Gasteiger partial charge in [0.15, 0.2) is 0 Å². The minimum absolute atomic E-state index is 0.164. The number of nitrogens with zero attached hydrogens (tertiary/aromatic N) is 6. The molecule has 3 aliphatic rings. The number of hydrogen-bond donors (Lipinski definition) is 2. The molecular weight excluding hydrogens is 637 g/mol. The fraction of sp³-hybridized carbons (Fsp3) is 0.514. The summed E-state index contributed by atoms with van der Waals surface area (Å²) in [6, 6.07) is 14.5. The Bertz CT molecular complexity index is 1930. The van der Waals surface area contributed by atoms with Crippen LogP contribution in [0.1, 0.15) is 68.9 Å². The number of likely N-dealkylation sites (tertiary alicyclic amines) is 1. The van der Waals surface area contributed by atoms with Crippen LogP contribution in [0.15, 0.2) is 59.7 Å². The molecule has 49 heavy (non-hydrogen) atoms. The normalized spacial score (nSPS) is 22.6. The Kier molecular flexibility index (Phi) is 9.72. The van der Waals surface area contributed by atoms with Gasteiger partial charge in [0.2, 0.25) is 5.95 Å². The van der Waals surface area contributed by atoms with Crippen LogP contribution in [-0.2, 0) is 9.84 Å². The molecule has 12 heteroatoms. The number of aromatic nitrogens is 4. The van der Waals surface area contributed by atoms with Gasteiger partial charge in [-0.25, -0.2) is 13.4 Å². The van der Waals surface area contributed by atoms with Gasteiger partial charge in [0.1, 0.15) is 15.5 Å². The zero-order valence-corrected chi connectivity index (χ0v) is 29.6. The highest BCUT2D eigenvalue weighted by Crippen LogP contribution is 2.34. The summed E-state index contributed by atoms with van der Waals surface area (Å²) < 4.78 is 26.5. The van der Waals surface area contributed by atoms with Crippen molar-refractivity contribution in [1.29, 1.82) is 0 Å². The second-order valence-electron chi connectivity index (χ2n) is 14.3. The molecule has 1 atom stereocenters. The van der Waals surface area contributed by atoms with Crippen LogP contribution in [0.3, 0.4) is 0 Å². The van der Waals surface area contributed by atoms with Crippen molar-refractivity contribution in [3.05, 3.63) is 70.8 Å². The van der Waals surface area contributed by atoms with E-state index >= 15 is 0 Å². The van der Waals surface area contributed by atoms with Crippen LogP contribution in [-0.4, -0.2) is 90.7 Å². The Morgan fingerprint density at radius 3 is 2.37 bits per heavy atom. The van der Waals surface area contributed by atoms with Crippen LogP contribution in [0.5, 0.6) is 0 Å². The van der Waals surface area contributed by atoms with Gasteiger partial charge in [0.05, 0.1) is 16.5 Å². The first kappa shape index (κ1) is 33.6. The minimum Gasteiger partial charge on any atom is -0.372 e. The highest BCUT2D eigenvalue weighted by Gasteiger charge is 2.31. The van der Waals surface area contributed by atoms with Gasteiger partial charge in [0, 0.05) is 61.1 Å². The summed E-state index contributed by atoms with van der Waals surface area (Å²) in [5.41, 5.74) is 4.71. The SMILES string of the molecule is CN1CCCC(c2ccc(-c3cc4cnc(Nc5ccc(N(C)C6CCNCC6)cc5)nc4n(C4CCC(S(C)(=O)=O)CC4)c3=O)nc2)C1. The van der Waals surface area contributed by atoms with Gasteiger partial charge in [-0.1, -0.05) is 6.07 Å². The fourth-order valence-corrected chi connectivity index (χ4v) is 9.12. The van der Waals surface area contributed by atoms with E-state index < -0.39 is 9.84 Å². The van der Waals surface area contributed by atoms with Gasteiger partial charge in [-0.15, -0.1) is 0 Å². The molecule has 1 aliphatic carbocycles. The number of hydrogen-bond acceptors (Lipinski definition) is 10. The highest BCUT2D eigenvalue weighted by atomic mass is 32.2. The smallest absolute Gasteiger partial charge is 0.261 e. The van der Waals surface area contributed by atoms with E-state index in [4.69, 9.17) is 9.97 Å². The third kappa shape index (κ3) is 7.36. The third-order valence-electron chi connectivity index (χ3n) is 10.9. The van der Waals surface area contributed by atoms with Gasteiger partial charge < -0.3 is 20.4 Å². The number of likely N-dealkylation sites (N-methyl/N-ethyl adjacent to an activating group) is 1.